The van der Waals surface area contributed by atoms with E-state index in [9.17, 15) is 4.79 Å². The molecule has 1 nitrogen and oxygen atoms in total. The highest BCUT2D eigenvalue weighted by molar-refractivity contribution is 6.01. The maximum atomic E-state index is 11.7. The van der Waals surface area contributed by atoms with Gasteiger partial charge >= 0.3 is 0 Å². The molecule has 1 aromatic carbocycles. The number of rotatable bonds is 1. The second-order valence-electron chi connectivity index (χ2n) is 4.46. The molecular formula is C15H16O. The van der Waals surface area contributed by atoms with E-state index < -0.39 is 0 Å². The summed E-state index contributed by atoms with van der Waals surface area (Å²) in [7, 11) is 0. The Labute approximate surface area is 96.5 Å². The molecule has 1 aromatic rings. The Morgan fingerprint density at radius 2 is 1.75 bits per heavy atom. The highest BCUT2D eigenvalue weighted by Crippen LogP contribution is 2.30. The fourth-order valence-corrected chi connectivity index (χ4v) is 1.99. The van der Waals surface area contributed by atoms with Gasteiger partial charge in [-0.15, -0.1) is 0 Å². The minimum absolute atomic E-state index is 0.223. The van der Waals surface area contributed by atoms with Gasteiger partial charge in [0, 0.05) is 6.42 Å². The summed E-state index contributed by atoms with van der Waals surface area (Å²) < 4.78 is 0. The molecule has 0 fully saturated rings. The molecule has 0 unspecified atom stereocenters. The van der Waals surface area contributed by atoms with Crippen molar-refractivity contribution in [2.75, 3.05) is 0 Å². The highest BCUT2D eigenvalue weighted by Gasteiger charge is 2.16. The van der Waals surface area contributed by atoms with Crippen molar-refractivity contribution in [3.8, 4) is 0 Å². The van der Waals surface area contributed by atoms with Crippen LogP contribution in [0.15, 0.2) is 47.6 Å². The van der Waals surface area contributed by atoms with Crippen LogP contribution in [0.5, 0.6) is 0 Å². The molecule has 1 aliphatic rings. The van der Waals surface area contributed by atoms with E-state index in [-0.39, 0.29) is 5.78 Å². The molecule has 16 heavy (non-hydrogen) atoms. The molecule has 0 aromatic heterocycles. The third-order valence-corrected chi connectivity index (χ3v) is 2.98. The molecular weight excluding hydrogens is 196 g/mol. The summed E-state index contributed by atoms with van der Waals surface area (Å²) in [5.74, 6) is 0.223. The minimum atomic E-state index is 0.223. The first kappa shape index (κ1) is 10.9. The Kier molecular flexibility index (Phi) is 3.04. The number of carbonyl (C=O) groups excluding carboxylic acids is 1. The van der Waals surface area contributed by atoms with Crippen molar-refractivity contribution in [2.24, 2.45) is 0 Å². The van der Waals surface area contributed by atoms with Gasteiger partial charge in [0.2, 0.25) is 0 Å². The Morgan fingerprint density at radius 3 is 2.38 bits per heavy atom. The van der Waals surface area contributed by atoms with E-state index in [1.165, 1.54) is 11.1 Å². The van der Waals surface area contributed by atoms with E-state index in [2.05, 4.69) is 26.0 Å². The molecule has 0 aliphatic heterocycles. The maximum Gasteiger partial charge on any atom is 0.160 e. The monoisotopic (exact) mass is 212 g/mol. The second kappa shape index (κ2) is 4.48. The zero-order valence-electron chi connectivity index (χ0n) is 9.79. The largest absolute Gasteiger partial charge is 0.294 e. The third-order valence-electron chi connectivity index (χ3n) is 2.98. The molecule has 0 radical (unpaired) electrons. The van der Waals surface area contributed by atoms with Gasteiger partial charge in [0.15, 0.2) is 5.78 Å². The van der Waals surface area contributed by atoms with Crippen LogP contribution < -0.4 is 0 Å². The van der Waals surface area contributed by atoms with Crippen LogP contribution >= 0.6 is 0 Å². The summed E-state index contributed by atoms with van der Waals surface area (Å²) in [5.41, 5.74) is 4.85. The van der Waals surface area contributed by atoms with Crippen molar-refractivity contribution in [1.82, 2.24) is 0 Å². The van der Waals surface area contributed by atoms with Gasteiger partial charge < -0.3 is 0 Å². The van der Waals surface area contributed by atoms with Crippen molar-refractivity contribution >= 4 is 11.4 Å². The van der Waals surface area contributed by atoms with Crippen LogP contribution in [0.2, 0.25) is 0 Å². The van der Waals surface area contributed by atoms with Gasteiger partial charge in [0.05, 0.1) is 0 Å². The number of benzene rings is 1. The van der Waals surface area contributed by atoms with Crippen LogP contribution in [0.3, 0.4) is 0 Å². The summed E-state index contributed by atoms with van der Waals surface area (Å²) in [6.07, 6.45) is 3.30. The predicted molar refractivity (Wildman–Crippen MR) is 67.0 cm³/mol. The van der Waals surface area contributed by atoms with E-state index in [4.69, 9.17) is 0 Å². The van der Waals surface area contributed by atoms with E-state index in [0.717, 1.165) is 17.6 Å². The molecule has 2 rings (SSSR count). The van der Waals surface area contributed by atoms with E-state index >= 15 is 0 Å². The molecule has 82 valence electrons. The zero-order valence-corrected chi connectivity index (χ0v) is 9.79. The minimum Gasteiger partial charge on any atom is -0.294 e. The van der Waals surface area contributed by atoms with Crippen LogP contribution in [0.1, 0.15) is 32.3 Å². The van der Waals surface area contributed by atoms with Crippen molar-refractivity contribution in [2.45, 2.75) is 26.7 Å². The first-order valence-electron chi connectivity index (χ1n) is 5.61. The average molecular weight is 212 g/mol. The van der Waals surface area contributed by atoms with Crippen molar-refractivity contribution in [1.29, 1.82) is 0 Å². The Hall–Kier alpha value is -1.63. The first-order valence-corrected chi connectivity index (χ1v) is 5.61. The standard InChI is InChI=1S/C15H16O/c1-11(2)13-8-14(10-15(16)9-13)12-6-4-3-5-7-12/h3-7,10H,8-9H2,1-2H3. The van der Waals surface area contributed by atoms with Gasteiger partial charge in [0.1, 0.15) is 0 Å². The van der Waals surface area contributed by atoms with Crippen LogP contribution in [0.25, 0.3) is 5.57 Å². The van der Waals surface area contributed by atoms with Gasteiger partial charge in [-0.3, -0.25) is 4.79 Å². The third kappa shape index (κ3) is 2.30. The number of hydrogen-bond donors (Lipinski definition) is 0. The Bertz CT molecular complexity index is 459. The van der Waals surface area contributed by atoms with Crippen molar-refractivity contribution in [3.63, 3.8) is 0 Å². The van der Waals surface area contributed by atoms with E-state index in [1.54, 1.807) is 6.08 Å². The van der Waals surface area contributed by atoms with Crippen LogP contribution in [-0.4, -0.2) is 5.78 Å². The summed E-state index contributed by atoms with van der Waals surface area (Å²) in [6, 6.07) is 10.1. The zero-order chi connectivity index (χ0) is 11.5. The average Bonchev–Trinajstić information content (AvgIpc) is 2.29. The topological polar surface area (TPSA) is 17.1 Å². The van der Waals surface area contributed by atoms with Gasteiger partial charge in [0.25, 0.3) is 0 Å². The lowest BCUT2D eigenvalue weighted by Gasteiger charge is -2.17. The normalized spacial score (nSPS) is 16.0. The van der Waals surface area contributed by atoms with Gasteiger partial charge in [-0.1, -0.05) is 41.5 Å². The van der Waals surface area contributed by atoms with E-state index in [1.807, 2.05) is 18.2 Å². The van der Waals surface area contributed by atoms with Gasteiger partial charge in [-0.05, 0) is 37.5 Å². The SMILES string of the molecule is CC(C)=C1CC(=O)C=C(c2ccccc2)C1. The summed E-state index contributed by atoms with van der Waals surface area (Å²) in [4.78, 5) is 11.7. The number of hydrogen-bond acceptors (Lipinski definition) is 1. The van der Waals surface area contributed by atoms with Crippen LogP contribution in [-0.2, 0) is 4.79 Å². The summed E-state index contributed by atoms with van der Waals surface area (Å²) in [6.45, 7) is 4.16. The predicted octanol–water partition coefficient (Wildman–Crippen LogP) is 3.77. The van der Waals surface area contributed by atoms with Crippen LogP contribution in [0, 0.1) is 0 Å². The molecule has 1 heteroatoms. The number of ketones is 1. The molecule has 1 aliphatic carbocycles. The number of allylic oxidation sites excluding steroid dienone is 4. The lowest BCUT2D eigenvalue weighted by atomic mass is 9.87. The Balaban J connectivity index is 2.37. The lowest BCUT2D eigenvalue weighted by Crippen LogP contribution is -2.06. The highest BCUT2D eigenvalue weighted by atomic mass is 16.1. The molecule has 0 atom stereocenters. The van der Waals surface area contributed by atoms with E-state index in [0.29, 0.717) is 6.42 Å². The molecule has 0 bridgehead atoms. The van der Waals surface area contributed by atoms with Crippen LogP contribution in [0.4, 0.5) is 0 Å². The molecule has 0 spiro atoms. The smallest absolute Gasteiger partial charge is 0.160 e. The van der Waals surface area contributed by atoms with Gasteiger partial charge in [-0.2, -0.15) is 0 Å². The fourth-order valence-electron chi connectivity index (χ4n) is 1.99. The molecule has 0 amide bonds. The summed E-state index contributed by atoms with van der Waals surface area (Å²) >= 11 is 0. The van der Waals surface area contributed by atoms with Gasteiger partial charge in [-0.25, -0.2) is 0 Å². The fraction of sp³-hybridized carbons (Fsp3) is 0.267. The Morgan fingerprint density at radius 1 is 1.06 bits per heavy atom. The second-order valence-corrected chi connectivity index (χ2v) is 4.46. The molecule has 0 saturated carbocycles. The molecule has 0 N–H and O–H groups in total. The molecule has 0 saturated heterocycles. The number of carbonyl (C=O) groups is 1. The lowest BCUT2D eigenvalue weighted by molar-refractivity contribution is -0.114. The summed E-state index contributed by atoms with van der Waals surface area (Å²) in [5, 5.41) is 0. The maximum absolute atomic E-state index is 11.7. The first-order chi connectivity index (χ1) is 7.66. The quantitative estimate of drug-likeness (QED) is 0.648. The van der Waals surface area contributed by atoms with Crippen molar-refractivity contribution < 1.29 is 4.79 Å². The molecule has 0 heterocycles. The van der Waals surface area contributed by atoms with Crippen molar-refractivity contribution in [3.05, 3.63) is 53.1 Å².